The maximum Gasteiger partial charge on any atom is 0.347 e. The third-order valence-electron chi connectivity index (χ3n) is 1.44. The molecule has 0 bridgehead atoms. The van der Waals surface area contributed by atoms with Crippen LogP contribution in [0.5, 0.6) is 0 Å². The highest BCUT2D eigenvalue weighted by Gasteiger charge is 2.30. The van der Waals surface area contributed by atoms with Crippen molar-refractivity contribution in [2.75, 3.05) is 13.2 Å². The van der Waals surface area contributed by atoms with Crippen molar-refractivity contribution < 1.29 is 13.6 Å². The lowest BCUT2D eigenvalue weighted by Crippen LogP contribution is -2.21. The largest absolute Gasteiger partial charge is 0.347 e. The standard InChI is InChI=1S/C7H18NO3P/c1-4-7(8)12(9,10-5-2)11-6-3/h7H,4-6,8H2,1-3H3. The van der Waals surface area contributed by atoms with Crippen LogP contribution in [0.1, 0.15) is 27.2 Å². The van der Waals surface area contributed by atoms with Crippen molar-refractivity contribution in [2.24, 2.45) is 5.73 Å². The lowest BCUT2D eigenvalue weighted by molar-refractivity contribution is 0.211. The zero-order valence-electron chi connectivity index (χ0n) is 7.95. The molecule has 1 unspecified atom stereocenters. The molecule has 0 amide bonds. The summed E-state index contributed by atoms with van der Waals surface area (Å²) in [6, 6.07) is 0. The average Bonchev–Trinajstić information content (AvgIpc) is 2.04. The fourth-order valence-corrected chi connectivity index (χ4v) is 2.44. The predicted octanol–water partition coefficient (Wildman–Crippen LogP) is 1.95. The van der Waals surface area contributed by atoms with Crippen molar-refractivity contribution in [3.05, 3.63) is 0 Å². The summed E-state index contributed by atoms with van der Waals surface area (Å²) in [6.45, 7) is 6.13. The summed E-state index contributed by atoms with van der Waals surface area (Å²) >= 11 is 0. The second-order valence-corrected chi connectivity index (χ2v) is 4.61. The zero-order valence-corrected chi connectivity index (χ0v) is 8.84. The molecule has 0 saturated carbocycles. The van der Waals surface area contributed by atoms with Gasteiger partial charge in [0.25, 0.3) is 0 Å². The Morgan fingerprint density at radius 3 is 1.92 bits per heavy atom. The molecule has 1 atom stereocenters. The van der Waals surface area contributed by atoms with Crippen LogP contribution in [0.4, 0.5) is 0 Å². The van der Waals surface area contributed by atoms with Crippen LogP contribution in [0, 0.1) is 0 Å². The molecule has 0 spiro atoms. The van der Waals surface area contributed by atoms with E-state index in [1.54, 1.807) is 13.8 Å². The highest BCUT2D eigenvalue weighted by atomic mass is 31.2. The van der Waals surface area contributed by atoms with Gasteiger partial charge < -0.3 is 14.8 Å². The Morgan fingerprint density at radius 1 is 1.25 bits per heavy atom. The quantitative estimate of drug-likeness (QED) is 0.658. The number of hydrogen-bond acceptors (Lipinski definition) is 4. The molecular weight excluding hydrogens is 177 g/mol. The van der Waals surface area contributed by atoms with Crippen LogP contribution < -0.4 is 5.73 Å². The molecule has 12 heavy (non-hydrogen) atoms. The number of hydrogen-bond donors (Lipinski definition) is 1. The molecule has 5 heteroatoms. The van der Waals surface area contributed by atoms with Crippen LogP contribution >= 0.6 is 7.60 Å². The first kappa shape index (κ1) is 12.1. The lowest BCUT2D eigenvalue weighted by atomic mass is 10.5. The molecular formula is C7H18NO3P. The van der Waals surface area contributed by atoms with E-state index in [1.165, 1.54) is 0 Å². The van der Waals surface area contributed by atoms with Crippen molar-refractivity contribution in [3.63, 3.8) is 0 Å². The van der Waals surface area contributed by atoms with Gasteiger partial charge in [-0.3, -0.25) is 4.57 Å². The number of rotatable bonds is 6. The second kappa shape index (κ2) is 5.70. The van der Waals surface area contributed by atoms with Gasteiger partial charge in [0.1, 0.15) is 5.78 Å². The Kier molecular flexibility index (Phi) is 5.76. The third kappa shape index (κ3) is 3.23. The number of nitrogens with two attached hydrogens (primary N) is 1. The van der Waals surface area contributed by atoms with E-state index in [1.807, 2.05) is 6.92 Å². The van der Waals surface area contributed by atoms with E-state index in [-0.39, 0.29) is 0 Å². The maximum absolute atomic E-state index is 11.8. The first-order chi connectivity index (χ1) is 5.60. The molecule has 0 saturated heterocycles. The molecule has 0 aromatic carbocycles. The van der Waals surface area contributed by atoms with Gasteiger partial charge in [0, 0.05) is 0 Å². The van der Waals surface area contributed by atoms with Crippen molar-refractivity contribution in [2.45, 2.75) is 33.0 Å². The summed E-state index contributed by atoms with van der Waals surface area (Å²) in [6.07, 6.45) is 0.595. The predicted molar refractivity (Wildman–Crippen MR) is 49.1 cm³/mol. The monoisotopic (exact) mass is 195 g/mol. The summed E-state index contributed by atoms with van der Waals surface area (Å²) in [7, 11) is -3.03. The highest BCUT2D eigenvalue weighted by molar-refractivity contribution is 7.54. The van der Waals surface area contributed by atoms with Gasteiger partial charge in [-0.1, -0.05) is 6.92 Å². The van der Waals surface area contributed by atoms with Gasteiger partial charge in [-0.25, -0.2) is 0 Å². The molecule has 2 N–H and O–H groups in total. The Balaban J connectivity index is 4.27. The van der Waals surface area contributed by atoms with E-state index < -0.39 is 13.4 Å². The average molecular weight is 195 g/mol. The molecule has 0 aliphatic rings. The minimum Gasteiger partial charge on any atom is -0.318 e. The van der Waals surface area contributed by atoms with Crippen molar-refractivity contribution in [1.82, 2.24) is 0 Å². The first-order valence-electron chi connectivity index (χ1n) is 4.25. The van der Waals surface area contributed by atoms with Crippen LogP contribution in [0.15, 0.2) is 0 Å². The molecule has 4 nitrogen and oxygen atoms in total. The van der Waals surface area contributed by atoms with Gasteiger partial charge in [0.15, 0.2) is 0 Å². The van der Waals surface area contributed by atoms with Gasteiger partial charge >= 0.3 is 7.60 Å². The Morgan fingerprint density at radius 2 is 1.67 bits per heavy atom. The van der Waals surface area contributed by atoms with E-state index >= 15 is 0 Å². The normalized spacial score (nSPS) is 14.7. The van der Waals surface area contributed by atoms with Gasteiger partial charge in [0.2, 0.25) is 0 Å². The van der Waals surface area contributed by atoms with E-state index in [4.69, 9.17) is 14.8 Å². The zero-order chi connectivity index (χ0) is 9.61. The van der Waals surface area contributed by atoms with Gasteiger partial charge in [-0.2, -0.15) is 0 Å². The van der Waals surface area contributed by atoms with E-state index in [0.29, 0.717) is 19.6 Å². The minimum absolute atomic E-state index is 0.366. The Labute approximate surface area is 74.0 Å². The van der Waals surface area contributed by atoms with E-state index in [0.717, 1.165) is 0 Å². The Hall–Kier alpha value is 0.110. The summed E-state index contributed by atoms with van der Waals surface area (Å²) < 4.78 is 21.8. The van der Waals surface area contributed by atoms with Crippen molar-refractivity contribution in [1.29, 1.82) is 0 Å². The highest BCUT2D eigenvalue weighted by Crippen LogP contribution is 2.51. The molecule has 0 aliphatic carbocycles. The Bertz CT molecular complexity index is 153. The third-order valence-corrected chi connectivity index (χ3v) is 3.86. The topological polar surface area (TPSA) is 61.5 Å². The van der Waals surface area contributed by atoms with Crippen LogP contribution in [-0.4, -0.2) is 19.0 Å². The molecule has 0 aromatic heterocycles. The van der Waals surface area contributed by atoms with Crippen LogP contribution in [0.25, 0.3) is 0 Å². The van der Waals surface area contributed by atoms with Gasteiger partial charge in [-0.05, 0) is 20.3 Å². The van der Waals surface area contributed by atoms with Crippen LogP contribution in [-0.2, 0) is 13.6 Å². The summed E-state index contributed by atoms with van der Waals surface area (Å²) in [5, 5.41) is 0. The van der Waals surface area contributed by atoms with Gasteiger partial charge in [0.05, 0.1) is 13.2 Å². The smallest absolute Gasteiger partial charge is 0.318 e. The minimum atomic E-state index is -3.03. The fraction of sp³-hybridized carbons (Fsp3) is 1.00. The summed E-state index contributed by atoms with van der Waals surface area (Å²) in [5.74, 6) is -0.502. The van der Waals surface area contributed by atoms with E-state index in [2.05, 4.69) is 0 Å². The van der Waals surface area contributed by atoms with E-state index in [9.17, 15) is 4.57 Å². The molecule has 0 fully saturated rings. The lowest BCUT2D eigenvalue weighted by Gasteiger charge is -2.21. The fourth-order valence-electron chi connectivity index (χ4n) is 0.812. The molecule has 0 rings (SSSR count). The van der Waals surface area contributed by atoms with Crippen molar-refractivity contribution >= 4 is 7.60 Å². The summed E-state index contributed by atoms with van der Waals surface area (Å²) in [4.78, 5) is 0. The maximum atomic E-state index is 11.8. The van der Waals surface area contributed by atoms with Crippen molar-refractivity contribution in [3.8, 4) is 0 Å². The summed E-state index contributed by atoms with van der Waals surface area (Å²) in [5.41, 5.74) is 5.61. The molecule has 0 heterocycles. The molecule has 0 radical (unpaired) electrons. The SMILES string of the molecule is CCOP(=O)(OCC)C(N)CC. The van der Waals surface area contributed by atoms with Crippen LogP contribution in [0.2, 0.25) is 0 Å². The van der Waals surface area contributed by atoms with Gasteiger partial charge in [-0.15, -0.1) is 0 Å². The molecule has 0 aliphatic heterocycles. The van der Waals surface area contributed by atoms with Crippen LogP contribution in [0.3, 0.4) is 0 Å². The molecule has 0 aromatic rings. The first-order valence-corrected chi connectivity index (χ1v) is 5.86. The second-order valence-electron chi connectivity index (χ2n) is 2.35. The molecule has 74 valence electrons.